The summed E-state index contributed by atoms with van der Waals surface area (Å²) in [5.41, 5.74) is 0. The second-order valence-electron chi connectivity index (χ2n) is 5.72. The molecule has 3 rings (SSSR count). The molecule has 0 unspecified atom stereocenters. The summed E-state index contributed by atoms with van der Waals surface area (Å²) in [6.07, 6.45) is 1.12. The molecule has 21 heavy (non-hydrogen) atoms. The Morgan fingerprint density at radius 2 is 2.43 bits per heavy atom. The lowest BCUT2D eigenvalue weighted by Crippen LogP contribution is -2.39. The van der Waals surface area contributed by atoms with E-state index in [0.717, 1.165) is 44.3 Å². The molecule has 0 amide bonds. The van der Waals surface area contributed by atoms with Gasteiger partial charge in [0.15, 0.2) is 11.6 Å². The van der Waals surface area contributed by atoms with Crippen LogP contribution in [0.25, 0.3) is 0 Å². The zero-order valence-corrected chi connectivity index (χ0v) is 13.4. The molecular formula is C15H22N4OS. The van der Waals surface area contributed by atoms with Crippen molar-refractivity contribution in [3.8, 4) is 0 Å². The van der Waals surface area contributed by atoms with Crippen LogP contribution in [0.4, 0.5) is 0 Å². The Bertz CT molecular complexity index is 552. The second kappa shape index (κ2) is 6.68. The average molecular weight is 306 g/mol. The Morgan fingerprint density at radius 3 is 3.14 bits per heavy atom. The van der Waals surface area contributed by atoms with E-state index >= 15 is 0 Å². The number of aromatic nitrogens is 3. The molecule has 0 aromatic carbocycles. The van der Waals surface area contributed by atoms with Gasteiger partial charge in [-0.25, -0.2) is 4.98 Å². The number of rotatable bonds is 5. The van der Waals surface area contributed by atoms with E-state index in [4.69, 9.17) is 4.74 Å². The predicted molar refractivity (Wildman–Crippen MR) is 83.6 cm³/mol. The van der Waals surface area contributed by atoms with Gasteiger partial charge in [0.1, 0.15) is 6.10 Å². The normalized spacial score (nSPS) is 20.2. The van der Waals surface area contributed by atoms with Crippen LogP contribution in [0.3, 0.4) is 0 Å². The predicted octanol–water partition coefficient (Wildman–Crippen LogP) is 2.61. The molecule has 6 heteroatoms. The van der Waals surface area contributed by atoms with Crippen molar-refractivity contribution in [2.24, 2.45) is 0 Å². The number of aromatic amines is 1. The molecule has 0 bridgehead atoms. The van der Waals surface area contributed by atoms with Gasteiger partial charge in [0, 0.05) is 30.4 Å². The van der Waals surface area contributed by atoms with Crippen LogP contribution in [-0.2, 0) is 11.2 Å². The Labute approximate surface area is 129 Å². The minimum atomic E-state index is 0.0158. The second-order valence-corrected chi connectivity index (χ2v) is 6.76. The summed E-state index contributed by atoms with van der Waals surface area (Å²) in [4.78, 5) is 8.46. The molecule has 1 aliphatic heterocycles. The third-order valence-electron chi connectivity index (χ3n) is 3.75. The van der Waals surface area contributed by atoms with Crippen molar-refractivity contribution >= 4 is 11.3 Å². The molecule has 1 saturated heterocycles. The Hall–Kier alpha value is -1.24. The largest absolute Gasteiger partial charge is 0.368 e. The number of H-pyrrole nitrogens is 1. The van der Waals surface area contributed by atoms with Crippen molar-refractivity contribution in [1.82, 2.24) is 20.1 Å². The summed E-state index contributed by atoms with van der Waals surface area (Å²) in [6, 6.07) is 4.32. The van der Waals surface area contributed by atoms with Crippen LogP contribution < -0.4 is 0 Å². The lowest BCUT2D eigenvalue weighted by Gasteiger charge is -2.31. The van der Waals surface area contributed by atoms with Crippen LogP contribution in [-0.4, -0.2) is 46.3 Å². The van der Waals surface area contributed by atoms with E-state index in [2.05, 4.69) is 51.4 Å². The maximum Gasteiger partial charge on any atom is 0.155 e. The van der Waals surface area contributed by atoms with Crippen molar-refractivity contribution in [1.29, 1.82) is 0 Å². The fourth-order valence-corrected chi connectivity index (χ4v) is 3.18. The van der Waals surface area contributed by atoms with Gasteiger partial charge in [-0.05, 0) is 17.9 Å². The van der Waals surface area contributed by atoms with E-state index in [1.54, 1.807) is 0 Å². The third kappa shape index (κ3) is 3.70. The number of hydrogen-bond donors (Lipinski definition) is 1. The molecule has 1 fully saturated rings. The van der Waals surface area contributed by atoms with E-state index < -0.39 is 0 Å². The van der Waals surface area contributed by atoms with Crippen LogP contribution in [0.15, 0.2) is 17.5 Å². The highest BCUT2D eigenvalue weighted by atomic mass is 32.1. The van der Waals surface area contributed by atoms with Gasteiger partial charge in [-0.3, -0.25) is 10.00 Å². The number of hydrogen-bond acceptors (Lipinski definition) is 5. The first-order valence-electron chi connectivity index (χ1n) is 7.51. The van der Waals surface area contributed by atoms with Gasteiger partial charge < -0.3 is 4.74 Å². The fraction of sp³-hybridized carbons (Fsp3) is 0.600. The molecule has 0 aliphatic carbocycles. The first-order chi connectivity index (χ1) is 10.2. The molecule has 114 valence electrons. The van der Waals surface area contributed by atoms with Crippen molar-refractivity contribution < 1.29 is 4.74 Å². The zero-order valence-electron chi connectivity index (χ0n) is 12.6. The molecule has 1 N–H and O–H groups in total. The first kappa shape index (κ1) is 14.7. The van der Waals surface area contributed by atoms with Gasteiger partial charge >= 0.3 is 0 Å². The van der Waals surface area contributed by atoms with E-state index in [0.29, 0.717) is 5.92 Å². The Kier molecular flexibility index (Phi) is 4.67. The lowest BCUT2D eigenvalue weighted by atomic mass is 10.2. The number of nitrogens with one attached hydrogen (secondary N) is 1. The summed E-state index contributed by atoms with van der Waals surface area (Å²) >= 11 is 1.83. The molecule has 0 spiro atoms. The summed E-state index contributed by atoms with van der Waals surface area (Å²) in [5.74, 6) is 2.07. The monoisotopic (exact) mass is 306 g/mol. The molecular weight excluding hydrogens is 284 g/mol. The van der Waals surface area contributed by atoms with Crippen molar-refractivity contribution in [2.45, 2.75) is 32.3 Å². The van der Waals surface area contributed by atoms with Crippen molar-refractivity contribution in [3.05, 3.63) is 34.0 Å². The van der Waals surface area contributed by atoms with Gasteiger partial charge in [0.2, 0.25) is 0 Å². The van der Waals surface area contributed by atoms with Gasteiger partial charge in [-0.15, -0.1) is 11.3 Å². The van der Waals surface area contributed by atoms with Crippen LogP contribution in [0.5, 0.6) is 0 Å². The lowest BCUT2D eigenvalue weighted by molar-refractivity contribution is -0.0337. The van der Waals surface area contributed by atoms with Crippen LogP contribution in [0, 0.1) is 0 Å². The summed E-state index contributed by atoms with van der Waals surface area (Å²) < 4.78 is 5.85. The maximum atomic E-state index is 5.85. The van der Waals surface area contributed by atoms with E-state index in [1.165, 1.54) is 4.88 Å². The number of nitrogens with zero attached hydrogens (tertiary/aromatic N) is 3. The van der Waals surface area contributed by atoms with Crippen LogP contribution in [0.2, 0.25) is 0 Å². The highest BCUT2D eigenvalue weighted by Crippen LogP contribution is 2.21. The smallest absolute Gasteiger partial charge is 0.155 e. The minimum absolute atomic E-state index is 0.0158. The molecule has 3 heterocycles. The summed E-state index contributed by atoms with van der Waals surface area (Å²) in [6.45, 7) is 7.91. The van der Waals surface area contributed by atoms with E-state index in [1.807, 2.05) is 11.3 Å². The number of morpholine rings is 1. The number of thiophene rings is 1. The topological polar surface area (TPSA) is 54.0 Å². The highest BCUT2D eigenvalue weighted by Gasteiger charge is 2.25. The zero-order chi connectivity index (χ0) is 14.7. The van der Waals surface area contributed by atoms with Crippen molar-refractivity contribution in [2.75, 3.05) is 26.2 Å². The first-order valence-corrected chi connectivity index (χ1v) is 8.39. The van der Waals surface area contributed by atoms with Gasteiger partial charge in [-0.2, -0.15) is 5.10 Å². The quantitative estimate of drug-likeness (QED) is 0.922. The molecule has 1 aliphatic rings. The fourth-order valence-electron chi connectivity index (χ4n) is 2.48. The van der Waals surface area contributed by atoms with Gasteiger partial charge in [0.05, 0.1) is 6.61 Å². The summed E-state index contributed by atoms with van der Waals surface area (Å²) in [5, 5.41) is 9.44. The maximum absolute atomic E-state index is 5.85. The summed E-state index contributed by atoms with van der Waals surface area (Å²) in [7, 11) is 0. The van der Waals surface area contributed by atoms with Crippen LogP contribution in [0.1, 0.15) is 42.4 Å². The minimum Gasteiger partial charge on any atom is -0.368 e. The number of ether oxygens (including phenoxy) is 1. The van der Waals surface area contributed by atoms with Gasteiger partial charge in [-0.1, -0.05) is 19.9 Å². The highest BCUT2D eigenvalue weighted by molar-refractivity contribution is 7.09. The Morgan fingerprint density at radius 1 is 1.52 bits per heavy atom. The van der Waals surface area contributed by atoms with E-state index in [9.17, 15) is 0 Å². The molecule has 1 atom stereocenters. The molecule has 2 aromatic heterocycles. The standard InChI is InChI=1S/C15H22N4OS/c1-11(2)14-16-15(18-17-14)13-10-19(7-8-20-13)6-5-12-4-3-9-21-12/h3-4,9,11,13H,5-8,10H2,1-2H3,(H,16,17,18)/t13-/m1/s1. The third-order valence-corrected chi connectivity index (χ3v) is 4.68. The van der Waals surface area contributed by atoms with Gasteiger partial charge in [0.25, 0.3) is 0 Å². The molecule has 5 nitrogen and oxygen atoms in total. The Balaban J connectivity index is 1.57. The van der Waals surface area contributed by atoms with Crippen LogP contribution >= 0.6 is 11.3 Å². The molecule has 0 saturated carbocycles. The molecule has 0 radical (unpaired) electrons. The SMILES string of the molecule is CC(C)c1n[nH]c([C@H]2CN(CCc3cccs3)CCO2)n1. The average Bonchev–Trinajstić information content (AvgIpc) is 3.17. The molecule has 2 aromatic rings. The van der Waals surface area contributed by atoms with E-state index in [-0.39, 0.29) is 6.10 Å². The van der Waals surface area contributed by atoms with Crippen molar-refractivity contribution in [3.63, 3.8) is 0 Å².